The van der Waals surface area contributed by atoms with E-state index >= 15 is 0 Å². The molecule has 1 aromatic carbocycles. The first-order chi connectivity index (χ1) is 8.25. The van der Waals surface area contributed by atoms with Crippen LogP contribution in [0, 0.1) is 5.92 Å². The molecule has 17 heavy (non-hydrogen) atoms. The lowest BCUT2D eigenvalue weighted by Crippen LogP contribution is -2.29. The fourth-order valence-electron chi connectivity index (χ4n) is 3.42. The lowest BCUT2D eigenvalue weighted by molar-refractivity contribution is -0.00245. The molecule has 3 rings (SSSR count). The number of hydrogen-bond acceptors (Lipinski definition) is 1. The van der Waals surface area contributed by atoms with Gasteiger partial charge in [0.15, 0.2) is 0 Å². The van der Waals surface area contributed by atoms with Crippen molar-refractivity contribution < 1.29 is 5.11 Å². The van der Waals surface area contributed by atoms with Gasteiger partial charge in [0.25, 0.3) is 0 Å². The quantitative estimate of drug-likeness (QED) is 0.811. The summed E-state index contributed by atoms with van der Waals surface area (Å²) in [6, 6.07) is 8.27. The normalized spacial score (nSPS) is 28.9. The van der Waals surface area contributed by atoms with Crippen LogP contribution in [0.2, 0.25) is 0 Å². The van der Waals surface area contributed by atoms with E-state index in [1.165, 1.54) is 5.39 Å². The van der Waals surface area contributed by atoms with Crippen LogP contribution >= 0.6 is 0 Å². The molecule has 1 aliphatic rings. The number of fused-ring (bicyclic) bond motifs is 1. The second kappa shape index (κ2) is 3.88. The Bertz CT molecular complexity index is 530. The third-order valence-electron chi connectivity index (χ3n) is 4.34. The van der Waals surface area contributed by atoms with E-state index in [-0.39, 0.29) is 0 Å². The largest absolute Gasteiger partial charge is 0.385 e. The van der Waals surface area contributed by atoms with Crippen molar-refractivity contribution in [3.63, 3.8) is 0 Å². The zero-order valence-corrected chi connectivity index (χ0v) is 10.2. The zero-order valence-electron chi connectivity index (χ0n) is 10.2. The molecule has 0 bridgehead atoms. The van der Waals surface area contributed by atoms with Gasteiger partial charge in [-0.3, -0.25) is 0 Å². The summed E-state index contributed by atoms with van der Waals surface area (Å²) in [6.45, 7) is 2.18. The average molecular weight is 229 g/mol. The lowest BCUT2D eigenvalue weighted by atomic mass is 9.81. The van der Waals surface area contributed by atoms with Crippen LogP contribution < -0.4 is 0 Å². The van der Waals surface area contributed by atoms with Gasteiger partial charge in [-0.15, -0.1) is 0 Å². The first kappa shape index (κ1) is 10.8. The van der Waals surface area contributed by atoms with Crippen molar-refractivity contribution in [1.82, 2.24) is 4.98 Å². The summed E-state index contributed by atoms with van der Waals surface area (Å²) in [7, 11) is 0. The number of aromatic nitrogens is 1. The van der Waals surface area contributed by atoms with Gasteiger partial charge in [-0.1, -0.05) is 25.5 Å². The molecule has 0 amide bonds. The second-order valence-corrected chi connectivity index (χ2v) is 5.17. The van der Waals surface area contributed by atoms with Crippen molar-refractivity contribution >= 4 is 10.9 Å². The number of aliphatic hydroxyl groups is 1. The van der Waals surface area contributed by atoms with Crippen molar-refractivity contribution in [1.29, 1.82) is 0 Å². The van der Waals surface area contributed by atoms with Crippen LogP contribution in [0.4, 0.5) is 0 Å². The van der Waals surface area contributed by atoms with Crippen LogP contribution in [0.15, 0.2) is 30.5 Å². The van der Waals surface area contributed by atoms with Crippen molar-refractivity contribution in [3.05, 3.63) is 36.0 Å². The summed E-state index contributed by atoms with van der Waals surface area (Å²) in [5.74, 6) is 0.406. The van der Waals surface area contributed by atoms with E-state index in [9.17, 15) is 5.11 Å². The predicted molar refractivity (Wildman–Crippen MR) is 69.8 cm³/mol. The molecule has 2 N–H and O–H groups in total. The van der Waals surface area contributed by atoms with Crippen LogP contribution in [0.25, 0.3) is 10.9 Å². The van der Waals surface area contributed by atoms with Gasteiger partial charge < -0.3 is 10.1 Å². The minimum Gasteiger partial charge on any atom is -0.385 e. The summed E-state index contributed by atoms with van der Waals surface area (Å²) in [5.41, 5.74) is 1.62. The van der Waals surface area contributed by atoms with E-state index in [2.05, 4.69) is 30.1 Å². The van der Waals surface area contributed by atoms with E-state index in [1.54, 1.807) is 0 Å². The Hall–Kier alpha value is -1.28. The highest BCUT2D eigenvalue weighted by Gasteiger charge is 2.42. The molecular weight excluding hydrogens is 210 g/mol. The van der Waals surface area contributed by atoms with Crippen molar-refractivity contribution in [2.24, 2.45) is 5.92 Å². The molecular formula is C15H19NO. The molecule has 1 fully saturated rings. The van der Waals surface area contributed by atoms with Crippen LogP contribution in [0.5, 0.6) is 0 Å². The predicted octanol–water partition coefficient (Wildman–Crippen LogP) is 3.57. The molecule has 2 heteroatoms. The number of aromatic amines is 1. The Kier molecular flexibility index (Phi) is 2.48. The first-order valence-electron chi connectivity index (χ1n) is 6.54. The minimum atomic E-state index is -0.615. The van der Waals surface area contributed by atoms with Crippen LogP contribution in [0.3, 0.4) is 0 Å². The Morgan fingerprint density at radius 2 is 2.29 bits per heavy atom. The number of nitrogens with one attached hydrogen (secondary N) is 1. The second-order valence-electron chi connectivity index (χ2n) is 5.17. The van der Waals surface area contributed by atoms with Crippen LogP contribution in [-0.4, -0.2) is 10.1 Å². The number of benzene rings is 1. The van der Waals surface area contributed by atoms with Gasteiger partial charge >= 0.3 is 0 Å². The molecule has 0 saturated heterocycles. The monoisotopic (exact) mass is 229 g/mol. The van der Waals surface area contributed by atoms with Gasteiger partial charge in [-0.05, 0) is 42.9 Å². The fourth-order valence-corrected chi connectivity index (χ4v) is 3.42. The molecule has 0 aliphatic heterocycles. The van der Waals surface area contributed by atoms with E-state index in [4.69, 9.17) is 0 Å². The van der Waals surface area contributed by atoms with E-state index in [1.807, 2.05) is 12.3 Å². The highest BCUT2D eigenvalue weighted by molar-refractivity contribution is 5.83. The number of rotatable bonds is 2. The fraction of sp³-hybridized carbons (Fsp3) is 0.467. The third-order valence-corrected chi connectivity index (χ3v) is 4.34. The van der Waals surface area contributed by atoms with Gasteiger partial charge in [0.1, 0.15) is 0 Å². The molecule has 90 valence electrons. The summed E-state index contributed by atoms with van der Waals surface area (Å²) in [4.78, 5) is 3.22. The highest BCUT2D eigenvalue weighted by Crippen LogP contribution is 2.46. The SMILES string of the molecule is CCC1CCCC1(O)c1cccc2[nH]ccc12. The molecule has 2 unspecified atom stereocenters. The van der Waals surface area contributed by atoms with Gasteiger partial charge in [0.2, 0.25) is 0 Å². The smallest absolute Gasteiger partial charge is 0.0931 e. The van der Waals surface area contributed by atoms with Gasteiger partial charge in [0, 0.05) is 17.1 Å². The van der Waals surface area contributed by atoms with Crippen LogP contribution in [-0.2, 0) is 5.60 Å². The van der Waals surface area contributed by atoms with Crippen molar-refractivity contribution in [3.8, 4) is 0 Å². The summed E-state index contributed by atoms with van der Waals surface area (Å²) in [6.07, 6.45) is 6.18. The molecule has 1 heterocycles. The summed E-state index contributed by atoms with van der Waals surface area (Å²) in [5, 5.41) is 12.2. The Labute approximate surface area is 102 Å². The summed E-state index contributed by atoms with van der Waals surface area (Å²) < 4.78 is 0. The first-order valence-corrected chi connectivity index (χ1v) is 6.54. The standard InChI is InChI=1S/C15H19NO/c1-2-11-5-4-9-15(11,17)13-6-3-7-14-12(13)8-10-16-14/h3,6-8,10-11,16-17H,2,4-5,9H2,1H3. The molecule has 2 aromatic rings. The van der Waals surface area contributed by atoms with E-state index < -0.39 is 5.60 Å². The van der Waals surface area contributed by atoms with Gasteiger partial charge in [0.05, 0.1) is 5.60 Å². The molecule has 0 spiro atoms. The number of hydrogen-bond donors (Lipinski definition) is 2. The number of H-pyrrole nitrogens is 1. The maximum Gasteiger partial charge on any atom is 0.0931 e. The Balaban J connectivity index is 2.17. The molecule has 1 aromatic heterocycles. The molecule has 2 atom stereocenters. The average Bonchev–Trinajstić information content (AvgIpc) is 2.94. The maximum absolute atomic E-state index is 11.0. The minimum absolute atomic E-state index is 0.406. The molecule has 0 radical (unpaired) electrons. The van der Waals surface area contributed by atoms with Gasteiger partial charge in [-0.25, -0.2) is 0 Å². The zero-order chi connectivity index (χ0) is 11.9. The topological polar surface area (TPSA) is 36.0 Å². The van der Waals surface area contributed by atoms with Gasteiger partial charge in [-0.2, -0.15) is 0 Å². The molecule has 1 aliphatic carbocycles. The maximum atomic E-state index is 11.0. The molecule has 2 nitrogen and oxygen atoms in total. The highest BCUT2D eigenvalue weighted by atomic mass is 16.3. The summed E-state index contributed by atoms with van der Waals surface area (Å²) >= 11 is 0. The van der Waals surface area contributed by atoms with Crippen molar-refractivity contribution in [2.45, 2.75) is 38.2 Å². The van der Waals surface area contributed by atoms with Crippen molar-refractivity contribution in [2.75, 3.05) is 0 Å². The van der Waals surface area contributed by atoms with E-state index in [0.717, 1.165) is 36.8 Å². The molecule has 1 saturated carbocycles. The Morgan fingerprint density at radius 1 is 1.41 bits per heavy atom. The Morgan fingerprint density at radius 3 is 3.12 bits per heavy atom. The lowest BCUT2D eigenvalue weighted by Gasteiger charge is -2.30. The third kappa shape index (κ3) is 1.51. The van der Waals surface area contributed by atoms with E-state index in [0.29, 0.717) is 5.92 Å². The van der Waals surface area contributed by atoms with Crippen LogP contribution in [0.1, 0.15) is 38.2 Å².